The maximum atomic E-state index is 12.0. The van der Waals surface area contributed by atoms with E-state index in [2.05, 4.69) is 32.5 Å². The summed E-state index contributed by atoms with van der Waals surface area (Å²) in [5, 5.41) is 6.68. The van der Waals surface area contributed by atoms with Gasteiger partial charge in [-0.3, -0.25) is 4.79 Å². The Balaban J connectivity index is 1.83. The summed E-state index contributed by atoms with van der Waals surface area (Å²) in [4.78, 5) is 18.1. The molecule has 0 saturated carbocycles. The fraction of sp³-hybridized carbons (Fsp3) is 0.438. The quantitative estimate of drug-likeness (QED) is 0.843. The average molecular weight is 302 g/mol. The number of likely N-dealkylation sites (N-methyl/N-ethyl adjacent to an activating group) is 1. The van der Waals surface area contributed by atoms with Gasteiger partial charge >= 0.3 is 0 Å². The lowest BCUT2D eigenvalue weighted by molar-refractivity contribution is -0.121. The number of hydrogen-bond acceptors (Lipinski definition) is 5. The third-order valence-corrected chi connectivity index (χ3v) is 3.44. The monoisotopic (exact) mass is 302 g/mol. The summed E-state index contributed by atoms with van der Waals surface area (Å²) < 4.78 is 5.00. The lowest BCUT2D eigenvalue weighted by Gasteiger charge is -2.25. The van der Waals surface area contributed by atoms with Crippen LogP contribution in [-0.4, -0.2) is 41.6 Å². The third kappa shape index (κ3) is 4.66. The number of aromatic nitrogens is 2. The highest BCUT2D eigenvalue weighted by molar-refractivity contribution is 5.76. The first kappa shape index (κ1) is 16.2. The second kappa shape index (κ2) is 7.70. The summed E-state index contributed by atoms with van der Waals surface area (Å²) >= 11 is 0. The minimum atomic E-state index is -0.0152. The average Bonchev–Trinajstić information content (AvgIpc) is 2.92. The highest BCUT2D eigenvalue weighted by Gasteiger charge is 2.15. The lowest BCUT2D eigenvalue weighted by atomic mass is 10.1. The Kier molecular flexibility index (Phi) is 5.66. The van der Waals surface area contributed by atoms with Crippen LogP contribution in [-0.2, 0) is 11.2 Å². The van der Waals surface area contributed by atoms with Gasteiger partial charge in [0.2, 0.25) is 11.8 Å². The van der Waals surface area contributed by atoms with Gasteiger partial charge in [-0.2, -0.15) is 4.98 Å². The minimum Gasteiger partial charge on any atom is -0.354 e. The molecule has 0 spiro atoms. The zero-order valence-corrected chi connectivity index (χ0v) is 13.2. The number of carbonyl (C=O) groups is 1. The van der Waals surface area contributed by atoms with E-state index in [-0.39, 0.29) is 11.9 Å². The summed E-state index contributed by atoms with van der Waals surface area (Å²) in [6.07, 6.45) is 0.807. The molecule has 0 saturated heterocycles. The molecule has 1 unspecified atom stereocenters. The lowest BCUT2D eigenvalue weighted by Crippen LogP contribution is -2.34. The molecule has 0 radical (unpaired) electrons. The molecule has 0 fully saturated rings. The zero-order valence-electron chi connectivity index (χ0n) is 13.2. The standard InChI is InChI=1S/C16H22N4O2/c1-12-18-16(22-19-12)10-9-15(21)17-11-14(20(2)3)13-7-5-4-6-8-13/h4-8,14H,9-11H2,1-3H3,(H,17,21). The number of nitrogens with zero attached hydrogens (tertiary/aromatic N) is 3. The number of aryl methyl sites for hydroxylation is 2. The van der Waals surface area contributed by atoms with E-state index in [1.165, 1.54) is 5.56 Å². The molecule has 0 aliphatic heterocycles. The van der Waals surface area contributed by atoms with Crippen LogP contribution in [0.2, 0.25) is 0 Å². The maximum Gasteiger partial charge on any atom is 0.227 e. The van der Waals surface area contributed by atoms with Crippen molar-refractivity contribution >= 4 is 5.91 Å². The Labute approximate surface area is 130 Å². The second-order valence-corrected chi connectivity index (χ2v) is 5.43. The minimum absolute atomic E-state index is 0.0152. The number of rotatable bonds is 7. The van der Waals surface area contributed by atoms with Crippen LogP contribution in [0.5, 0.6) is 0 Å². The third-order valence-electron chi connectivity index (χ3n) is 3.44. The van der Waals surface area contributed by atoms with Crippen molar-refractivity contribution in [2.75, 3.05) is 20.6 Å². The molecule has 0 aliphatic rings. The highest BCUT2D eigenvalue weighted by Crippen LogP contribution is 2.16. The van der Waals surface area contributed by atoms with Crippen molar-refractivity contribution in [3.8, 4) is 0 Å². The highest BCUT2D eigenvalue weighted by atomic mass is 16.5. The van der Waals surface area contributed by atoms with Gasteiger partial charge in [0.1, 0.15) is 0 Å². The van der Waals surface area contributed by atoms with E-state index in [0.29, 0.717) is 31.1 Å². The Morgan fingerprint density at radius 3 is 2.64 bits per heavy atom. The topological polar surface area (TPSA) is 71.3 Å². The molecular weight excluding hydrogens is 280 g/mol. The summed E-state index contributed by atoms with van der Waals surface area (Å²) in [6, 6.07) is 10.3. The Morgan fingerprint density at radius 1 is 1.32 bits per heavy atom. The molecule has 2 aromatic rings. The van der Waals surface area contributed by atoms with Gasteiger partial charge in [0.05, 0.1) is 6.04 Å². The van der Waals surface area contributed by atoms with Gasteiger partial charge in [0.15, 0.2) is 5.82 Å². The van der Waals surface area contributed by atoms with E-state index in [1.54, 1.807) is 6.92 Å². The first-order valence-electron chi connectivity index (χ1n) is 7.33. The molecule has 1 aromatic heterocycles. The van der Waals surface area contributed by atoms with Crippen LogP contribution in [0.3, 0.4) is 0 Å². The Bertz CT molecular complexity index is 595. The van der Waals surface area contributed by atoms with Crippen molar-refractivity contribution in [1.29, 1.82) is 0 Å². The van der Waals surface area contributed by atoms with E-state index in [0.717, 1.165) is 0 Å². The Morgan fingerprint density at radius 2 is 2.05 bits per heavy atom. The molecule has 118 valence electrons. The van der Waals surface area contributed by atoms with Crippen LogP contribution >= 0.6 is 0 Å². The van der Waals surface area contributed by atoms with Crippen molar-refractivity contribution < 1.29 is 9.32 Å². The fourth-order valence-electron chi connectivity index (χ4n) is 2.23. The van der Waals surface area contributed by atoms with Gasteiger partial charge in [0.25, 0.3) is 0 Å². The molecule has 1 amide bonds. The van der Waals surface area contributed by atoms with Crippen LogP contribution in [0.1, 0.15) is 29.7 Å². The van der Waals surface area contributed by atoms with Gasteiger partial charge in [-0.15, -0.1) is 0 Å². The number of nitrogens with one attached hydrogen (secondary N) is 1. The summed E-state index contributed by atoms with van der Waals surface area (Å²) in [5.41, 5.74) is 1.18. The first-order valence-corrected chi connectivity index (χ1v) is 7.33. The van der Waals surface area contributed by atoms with E-state index in [9.17, 15) is 4.79 Å². The molecule has 1 aromatic carbocycles. The summed E-state index contributed by atoms with van der Waals surface area (Å²) in [5.74, 6) is 1.07. The number of hydrogen-bond donors (Lipinski definition) is 1. The first-order chi connectivity index (χ1) is 10.6. The van der Waals surface area contributed by atoms with Crippen LogP contribution in [0.15, 0.2) is 34.9 Å². The predicted octanol–water partition coefficient (Wildman–Crippen LogP) is 1.73. The van der Waals surface area contributed by atoms with Crippen molar-refractivity contribution in [1.82, 2.24) is 20.4 Å². The molecule has 1 atom stereocenters. The van der Waals surface area contributed by atoms with Crippen molar-refractivity contribution in [3.05, 3.63) is 47.6 Å². The maximum absolute atomic E-state index is 12.0. The van der Waals surface area contributed by atoms with Gasteiger partial charge in [-0.05, 0) is 26.6 Å². The smallest absolute Gasteiger partial charge is 0.227 e. The molecule has 1 N–H and O–H groups in total. The van der Waals surface area contributed by atoms with Crippen LogP contribution in [0, 0.1) is 6.92 Å². The molecule has 6 nitrogen and oxygen atoms in total. The number of benzene rings is 1. The number of carbonyl (C=O) groups excluding carboxylic acids is 1. The normalized spacial score (nSPS) is 12.4. The van der Waals surface area contributed by atoms with Gasteiger partial charge < -0.3 is 14.7 Å². The number of amides is 1. The molecule has 0 bridgehead atoms. The molecule has 2 rings (SSSR count). The van der Waals surface area contributed by atoms with Gasteiger partial charge in [-0.1, -0.05) is 35.5 Å². The van der Waals surface area contributed by atoms with Crippen LogP contribution < -0.4 is 5.32 Å². The van der Waals surface area contributed by atoms with E-state index >= 15 is 0 Å². The van der Waals surface area contributed by atoms with Crippen LogP contribution in [0.25, 0.3) is 0 Å². The molecule has 1 heterocycles. The van der Waals surface area contributed by atoms with Crippen molar-refractivity contribution in [2.45, 2.75) is 25.8 Å². The van der Waals surface area contributed by atoms with Gasteiger partial charge in [-0.25, -0.2) is 0 Å². The van der Waals surface area contributed by atoms with E-state index in [1.807, 2.05) is 32.3 Å². The largest absolute Gasteiger partial charge is 0.354 e. The second-order valence-electron chi connectivity index (χ2n) is 5.43. The van der Waals surface area contributed by atoms with Crippen molar-refractivity contribution in [3.63, 3.8) is 0 Å². The Hall–Kier alpha value is -2.21. The SMILES string of the molecule is Cc1noc(CCC(=O)NCC(c2ccccc2)N(C)C)n1. The summed E-state index contributed by atoms with van der Waals surface area (Å²) in [7, 11) is 4.01. The fourth-order valence-corrected chi connectivity index (χ4v) is 2.23. The molecule has 22 heavy (non-hydrogen) atoms. The van der Waals surface area contributed by atoms with Gasteiger partial charge in [0, 0.05) is 19.4 Å². The van der Waals surface area contributed by atoms with E-state index in [4.69, 9.17) is 4.52 Å². The zero-order chi connectivity index (χ0) is 15.9. The van der Waals surface area contributed by atoms with Crippen LogP contribution in [0.4, 0.5) is 0 Å². The predicted molar refractivity (Wildman–Crippen MR) is 83.2 cm³/mol. The van der Waals surface area contributed by atoms with Crippen molar-refractivity contribution in [2.24, 2.45) is 0 Å². The summed E-state index contributed by atoms with van der Waals surface area (Å²) in [6.45, 7) is 2.33. The van der Waals surface area contributed by atoms with E-state index < -0.39 is 0 Å². The molecule has 0 aliphatic carbocycles. The molecular formula is C16H22N4O2. The molecule has 6 heteroatoms.